The summed E-state index contributed by atoms with van der Waals surface area (Å²) in [4.78, 5) is 14.5. The zero-order valence-electron chi connectivity index (χ0n) is 33.9. The van der Waals surface area contributed by atoms with Crippen LogP contribution in [0.25, 0.3) is 94.2 Å². The van der Waals surface area contributed by atoms with Gasteiger partial charge in [-0.15, -0.1) is 0 Å². The van der Waals surface area contributed by atoms with Gasteiger partial charge < -0.3 is 4.98 Å². The summed E-state index contributed by atoms with van der Waals surface area (Å²) in [6.07, 6.45) is 1.92. The number of benzene rings is 7. The van der Waals surface area contributed by atoms with E-state index in [2.05, 4.69) is 209 Å². The van der Waals surface area contributed by atoms with Gasteiger partial charge in [-0.2, -0.15) is 0 Å². The summed E-state index contributed by atoms with van der Waals surface area (Å²) in [5.41, 5.74) is 15.5. The van der Waals surface area contributed by atoms with E-state index in [0.717, 1.165) is 72.5 Å². The molecule has 10 rings (SSSR count). The number of para-hydroxylation sites is 2. The molecule has 0 radical (unpaired) electrons. The number of aromatic nitrogens is 4. The van der Waals surface area contributed by atoms with Crippen LogP contribution in [0.15, 0.2) is 164 Å². The highest BCUT2D eigenvalue weighted by atomic mass is 15.1. The molecule has 1 N–H and O–H groups in total. The number of fused-ring (bicyclic) bond motifs is 5. The first kappa shape index (κ1) is 35.6. The molecule has 3 aromatic heterocycles. The maximum absolute atomic E-state index is 5.70. The Balaban J connectivity index is 1.25. The lowest BCUT2D eigenvalue weighted by atomic mass is 9.84. The summed E-state index contributed by atoms with van der Waals surface area (Å²) in [5.74, 6) is 0.908. The molecular formula is C54H46N4. The van der Waals surface area contributed by atoms with Gasteiger partial charge in [0.05, 0.1) is 22.2 Å². The van der Waals surface area contributed by atoms with E-state index in [9.17, 15) is 0 Å². The maximum Gasteiger partial charge on any atom is 0.147 e. The van der Waals surface area contributed by atoms with E-state index < -0.39 is 0 Å². The van der Waals surface area contributed by atoms with Crippen molar-refractivity contribution in [3.63, 3.8) is 0 Å². The number of nitrogens with zero attached hydrogens (tertiary/aromatic N) is 3. The first-order chi connectivity index (χ1) is 28.0. The molecule has 0 saturated carbocycles. The molecule has 0 saturated heterocycles. The van der Waals surface area contributed by atoms with E-state index in [4.69, 9.17) is 9.97 Å². The van der Waals surface area contributed by atoms with Crippen molar-refractivity contribution in [3.05, 3.63) is 175 Å². The van der Waals surface area contributed by atoms with Gasteiger partial charge in [0.25, 0.3) is 0 Å². The predicted molar refractivity (Wildman–Crippen MR) is 245 cm³/mol. The average molecular weight is 751 g/mol. The molecule has 0 aliphatic carbocycles. The van der Waals surface area contributed by atoms with Crippen LogP contribution in [-0.2, 0) is 10.8 Å². The van der Waals surface area contributed by atoms with Gasteiger partial charge in [-0.25, -0.2) is 4.98 Å². The van der Waals surface area contributed by atoms with Crippen molar-refractivity contribution in [2.75, 3.05) is 0 Å². The van der Waals surface area contributed by atoms with Gasteiger partial charge in [0.2, 0.25) is 0 Å². The smallest absolute Gasteiger partial charge is 0.147 e. The highest BCUT2D eigenvalue weighted by Crippen LogP contribution is 2.43. The zero-order chi connectivity index (χ0) is 39.8. The van der Waals surface area contributed by atoms with Crippen molar-refractivity contribution < 1.29 is 0 Å². The summed E-state index contributed by atoms with van der Waals surface area (Å²) < 4.78 is 2.35. The minimum atomic E-state index is -0.0870. The van der Waals surface area contributed by atoms with E-state index >= 15 is 0 Å². The molecule has 282 valence electrons. The van der Waals surface area contributed by atoms with Crippen molar-refractivity contribution in [2.45, 2.75) is 52.4 Å². The Morgan fingerprint density at radius 1 is 0.500 bits per heavy atom. The Hall–Kier alpha value is -6.78. The van der Waals surface area contributed by atoms with Crippen LogP contribution in [0.2, 0.25) is 0 Å². The second-order valence-corrected chi connectivity index (χ2v) is 17.7. The van der Waals surface area contributed by atoms with Crippen molar-refractivity contribution in [1.82, 2.24) is 19.5 Å². The molecule has 0 atom stereocenters. The monoisotopic (exact) mass is 750 g/mol. The van der Waals surface area contributed by atoms with E-state index in [1.165, 1.54) is 32.8 Å². The van der Waals surface area contributed by atoms with Crippen LogP contribution >= 0.6 is 0 Å². The van der Waals surface area contributed by atoms with Crippen LogP contribution in [-0.4, -0.2) is 19.5 Å². The summed E-state index contributed by atoms with van der Waals surface area (Å²) in [6, 6.07) is 57.0. The second-order valence-electron chi connectivity index (χ2n) is 17.7. The van der Waals surface area contributed by atoms with Crippen LogP contribution in [0.4, 0.5) is 0 Å². The standard InChI is InChI=1S/C54H46N4/c1-53(2,3)38-24-25-47-44(31-38)45-32-39(54(4,5)6)33-46(50(45)56-47)52-57-51-42(22-15-23-49(51)58(52)40-19-11-8-12-20-40)37-28-36-18-13-14-21-41(36)43(29-37)48-30-35(26-27-55-48)34-16-9-7-10-17-34/h7-33,56H,1-6H3. The van der Waals surface area contributed by atoms with Gasteiger partial charge in [0, 0.05) is 44.9 Å². The van der Waals surface area contributed by atoms with Crippen LogP contribution in [0.3, 0.4) is 0 Å². The largest absolute Gasteiger partial charge is 0.354 e. The average Bonchev–Trinajstić information content (AvgIpc) is 3.82. The number of H-pyrrole nitrogens is 1. The Morgan fingerprint density at radius 3 is 2.00 bits per heavy atom. The van der Waals surface area contributed by atoms with Gasteiger partial charge in [-0.05, 0) is 116 Å². The Bertz CT molecular complexity index is 3170. The Kier molecular flexibility index (Phi) is 8.24. The topological polar surface area (TPSA) is 46.5 Å². The quantitative estimate of drug-likeness (QED) is 0.190. The third-order valence-corrected chi connectivity index (χ3v) is 11.7. The fraction of sp³-hybridized carbons (Fsp3) is 0.148. The fourth-order valence-corrected chi connectivity index (χ4v) is 8.49. The lowest BCUT2D eigenvalue weighted by molar-refractivity contribution is 0.590. The van der Waals surface area contributed by atoms with E-state index in [-0.39, 0.29) is 10.8 Å². The third kappa shape index (κ3) is 6.08. The molecule has 0 aliphatic rings. The number of rotatable bonds is 5. The highest BCUT2D eigenvalue weighted by Gasteiger charge is 2.25. The van der Waals surface area contributed by atoms with Crippen molar-refractivity contribution >= 4 is 43.6 Å². The lowest BCUT2D eigenvalue weighted by Crippen LogP contribution is -2.11. The Morgan fingerprint density at radius 2 is 1.22 bits per heavy atom. The molecule has 0 aliphatic heterocycles. The van der Waals surface area contributed by atoms with Crippen LogP contribution in [0.1, 0.15) is 52.7 Å². The SMILES string of the molecule is CC(C)(C)c1ccc2[nH]c3c(-c4nc5c(-c6cc(-c7cc(-c8ccccc8)ccn7)c7ccccc7c6)cccc5n4-c4ccccc4)cc(C(C)(C)C)cc3c2c1. The van der Waals surface area contributed by atoms with Crippen LogP contribution < -0.4 is 0 Å². The lowest BCUT2D eigenvalue weighted by Gasteiger charge is -2.21. The molecule has 0 fully saturated rings. The number of imidazole rings is 1. The Labute approximate surface area is 339 Å². The van der Waals surface area contributed by atoms with Crippen LogP contribution in [0, 0.1) is 0 Å². The molecule has 58 heavy (non-hydrogen) atoms. The molecular weight excluding hydrogens is 705 g/mol. The molecule has 7 aromatic carbocycles. The first-order valence-corrected chi connectivity index (χ1v) is 20.2. The zero-order valence-corrected chi connectivity index (χ0v) is 33.9. The minimum Gasteiger partial charge on any atom is -0.354 e. The maximum atomic E-state index is 5.70. The van der Waals surface area contributed by atoms with E-state index in [1.54, 1.807) is 0 Å². The van der Waals surface area contributed by atoms with Crippen molar-refractivity contribution in [1.29, 1.82) is 0 Å². The first-order valence-electron chi connectivity index (χ1n) is 20.2. The summed E-state index contributed by atoms with van der Waals surface area (Å²) in [7, 11) is 0. The summed E-state index contributed by atoms with van der Waals surface area (Å²) in [6.45, 7) is 13.7. The molecule has 0 amide bonds. The molecule has 10 aromatic rings. The number of pyridine rings is 1. The van der Waals surface area contributed by atoms with Gasteiger partial charge in [0.1, 0.15) is 5.82 Å². The van der Waals surface area contributed by atoms with Crippen LogP contribution in [0.5, 0.6) is 0 Å². The molecule has 0 unspecified atom stereocenters. The second kappa shape index (κ2) is 13.4. The van der Waals surface area contributed by atoms with Crippen molar-refractivity contribution in [3.8, 4) is 50.6 Å². The third-order valence-electron chi connectivity index (χ3n) is 11.7. The molecule has 0 spiro atoms. The molecule has 3 heterocycles. The van der Waals surface area contributed by atoms with Crippen molar-refractivity contribution in [2.24, 2.45) is 0 Å². The minimum absolute atomic E-state index is 0.0311. The van der Waals surface area contributed by atoms with E-state index in [0.29, 0.717) is 0 Å². The summed E-state index contributed by atoms with van der Waals surface area (Å²) >= 11 is 0. The van der Waals surface area contributed by atoms with Gasteiger partial charge in [-0.3, -0.25) is 9.55 Å². The predicted octanol–water partition coefficient (Wildman–Crippen LogP) is 14.5. The van der Waals surface area contributed by atoms with Gasteiger partial charge in [-0.1, -0.05) is 133 Å². The molecule has 4 heteroatoms. The van der Waals surface area contributed by atoms with E-state index in [1.807, 2.05) is 6.20 Å². The van der Waals surface area contributed by atoms with Gasteiger partial charge in [0.15, 0.2) is 0 Å². The molecule has 0 bridgehead atoms. The fourth-order valence-electron chi connectivity index (χ4n) is 8.49. The number of aromatic amines is 1. The number of nitrogens with one attached hydrogen (secondary N) is 1. The number of hydrogen-bond acceptors (Lipinski definition) is 2. The normalized spacial score (nSPS) is 12.3. The summed E-state index contributed by atoms with van der Waals surface area (Å²) in [5, 5.41) is 4.79. The molecule has 4 nitrogen and oxygen atoms in total. The number of hydrogen-bond donors (Lipinski definition) is 1. The highest BCUT2D eigenvalue weighted by molar-refractivity contribution is 6.13. The van der Waals surface area contributed by atoms with Gasteiger partial charge >= 0.3 is 0 Å².